The molecule has 1 aliphatic carbocycles. The van der Waals surface area contributed by atoms with Crippen molar-refractivity contribution in [3.8, 4) is 0 Å². The molecule has 2 rings (SSSR count). The number of hydrogen-bond acceptors (Lipinski definition) is 3. The number of carbonyl (C=O) groups is 3. The second kappa shape index (κ2) is 6.24. The number of amides is 2. The Morgan fingerprint density at radius 1 is 1.40 bits per heavy atom. The van der Waals surface area contributed by atoms with Crippen LogP contribution in [0.25, 0.3) is 0 Å². The molecule has 3 atom stereocenters. The Kier molecular flexibility index (Phi) is 4.62. The van der Waals surface area contributed by atoms with Crippen LogP contribution in [0.2, 0.25) is 0 Å². The number of aliphatic carboxylic acids is 1. The number of carbonyl (C=O) groups excluding carboxylic acids is 2. The van der Waals surface area contributed by atoms with Crippen LogP contribution < -0.4 is 5.32 Å². The first-order chi connectivity index (χ1) is 9.47. The van der Waals surface area contributed by atoms with Crippen molar-refractivity contribution < 1.29 is 19.5 Å². The molecular weight excluding hydrogens is 260 g/mol. The van der Waals surface area contributed by atoms with E-state index in [0.29, 0.717) is 32.2 Å². The van der Waals surface area contributed by atoms with Crippen molar-refractivity contribution in [3.05, 3.63) is 0 Å². The van der Waals surface area contributed by atoms with Crippen LogP contribution >= 0.6 is 0 Å². The molecule has 0 bridgehead atoms. The molecule has 2 N–H and O–H groups in total. The molecule has 0 aromatic rings. The minimum Gasteiger partial charge on any atom is -0.481 e. The summed E-state index contributed by atoms with van der Waals surface area (Å²) in [6.45, 7) is 3.19. The Morgan fingerprint density at radius 3 is 2.65 bits per heavy atom. The number of hydrogen-bond donors (Lipinski definition) is 2. The highest BCUT2D eigenvalue weighted by Gasteiger charge is 2.34. The van der Waals surface area contributed by atoms with Gasteiger partial charge in [-0.15, -0.1) is 0 Å². The summed E-state index contributed by atoms with van der Waals surface area (Å²) in [6.07, 6.45) is 3.13. The Balaban J connectivity index is 1.76. The molecule has 2 fully saturated rings. The molecule has 2 aliphatic rings. The van der Waals surface area contributed by atoms with Crippen molar-refractivity contribution in [1.29, 1.82) is 0 Å². The molecule has 1 aliphatic heterocycles. The molecule has 20 heavy (non-hydrogen) atoms. The predicted octanol–water partition coefficient (Wildman–Crippen LogP) is 0.614. The first-order valence-electron chi connectivity index (χ1n) is 7.28. The minimum absolute atomic E-state index is 0.0760. The van der Waals surface area contributed by atoms with Gasteiger partial charge in [-0.1, -0.05) is 0 Å². The molecular formula is C14H22N2O4. The van der Waals surface area contributed by atoms with E-state index in [1.54, 1.807) is 4.90 Å². The van der Waals surface area contributed by atoms with Gasteiger partial charge in [-0.05, 0) is 32.6 Å². The van der Waals surface area contributed by atoms with Gasteiger partial charge in [0.1, 0.15) is 0 Å². The van der Waals surface area contributed by atoms with E-state index in [1.165, 1.54) is 0 Å². The lowest BCUT2D eigenvalue weighted by molar-refractivity contribution is -0.141. The van der Waals surface area contributed by atoms with Crippen molar-refractivity contribution in [2.45, 2.75) is 45.1 Å². The number of rotatable bonds is 5. The van der Waals surface area contributed by atoms with Crippen LogP contribution in [0, 0.1) is 11.8 Å². The van der Waals surface area contributed by atoms with Gasteiger partial charge in [0.25, 0.3) is 0 Å². The van der Waals surface area contributed by atoms with E-state index in [4.69, 9.17) is 5.11 Å². The zero-order chi connectivity index (χ0) is 14.7. The second-order valence-corrected chi connectivity index (χ2v) is 5.90. The molecule has 0 radical (unpaired) electrons. The van der Waals surface area contributed by atoms with E-state index in [0.717, 1.165) is 13.0 Å². The van der Waals surface area contributed by atoms with Crippen molar-refractivity contribution in [3.63, 3.8) is 0 Å². The summed E-state index contributed by atoms with van der Waals surface area (Å²) in [5.74, 6) is -1.32. The highest BCUT2D eigenvalue weighted by Crippen LogP contribution is 2.31. The zero-order valence-electron chi connectivity index (χ0n) is 11.8. The fourth-order valence-corrected chi connectivity index (χ4v) is 3.08. The van der Waals surface area contributed by atoms with E-state index >= 15 is 0 Å². The van der Waals surface area contributed by atoms with E-state index < -0.39 is 5.97 Å². The molecule has 1 saturated carbocycles. The number of nitrogens with zero attached hydrogens (tertiary/aromatic N) is 1. The maximum Gasteiger partial charge on any atom is 0.306 e. The first kappa shape index (κ1) is 14.8. The molecule has 2 amide bonds. The molecule has 6 heteroatoms. The largest absolute Gasteiger partial charge is 0.481 e. The van der Waals surface area contributed by atoms with Gasteiger partial charge in [-0.25, -0.2) is 0 Å². The van der Waals surface area contributed by atoms with Crippen LogP contribution in [0.3, 0.4) is 0 Å². The molecule has 0 aromatic carbocycles. The maximum atomic E-state index is 12.1. The SMILES string of the molecule is CC(CN1CCCC1=O)NC(=O)C1CCC(C(=O)O)C1. The lowest BCUT2D eigenvalue weighted by Crippen LogP contribution is -2.44. The molecule has 112 valence electrons. The highest BCUT2D eigenvalue weighted by atomic mass is 16.4. The monoisotopic (exact) mass is 282 g/mol. The van der Waals surface area contributed by atoms with Crippen LogP contribution in [-0.4, -0.2) is 46.9 Å². The topological polar surface area (TPSA) is 86.7 Å². The molecule has 0 aromatic heterocycles. The van der Waals surface area contributed by atoms with Crippen LogP contribution in [0.5, 0.6) is 0 Å². The van der Waals surface area contributed by atoms with Gasteiger partial charge in [0.15, 0.2) is 0 Å². The molecule has 1 heterocycles. The van der Waals surface area contributed by atoms with E-state index in [9.17, 15) is 14.4 Å². The van der Waals surface area contributed by atoms with Crippen LogP contribution in [0.1, 0.15) is 39.0 Å². The lowest BCUT2D eigenvalue weighted by Gasteiger charge is -2.23. The van der Waals surface area contributed by atoms with Crippen LogP contribution in [-0.2, 0) is 14.4 Å². The van der Waals surface area contributed by atoms with Crippen molar-refractivity contribution >= 4 is 17.8 Å². The zero-order valence-corrected chi connectivity index (χ0v) is 11.8. The van der Waals surface area contributed by atoms with Gasteiger partial charge in [-0.3, -0.25) is 14.4 Å². The Labute approximate surface area is 118 Å². The third kappa shape index (κ3) is 3.49. The van der Waals surface area contributed by atoms with E-state index in [1.807, 2.05) is 6.92 Å². The Morgan fingerprint density at radius 2 is 2.10 bits per heavy atom. The summed E-state index contributed by atoms with van der Waals surface area (Å²) < 4.78 is 0. The van der Waals surface area contributed by atoms with Gasteiger partial charge in [0.05, 0.1) is 5.92 Å². The third-order valence-electron chi connectivity index (χ3n) is 4.21. The van der Waals surface area contributed by atoms with E-state index in [-0.39, 0.29) is 29.7 Å². The van der Waals surface area contributed by atoms with Crippen molar-refractivity contribution in [1.82, 2.24) is 10.2 Å². The Hall–Kier alpha value is -1.59. The maximum absolute atomic E-state index is 12.1. The lowest BCUT2D eigenvalue weighted by atomic mass is 10.0. The predicted molar refractivity (Wildman–Crippen MR) is 71.9 cm³/mol. The summed E-state index contributed by atoms with van der Waals surface area (Å²) in [5.41, 5.74) is 0. The van der Waals surface area contributed by atoms with Gasteiger partial charge in [-0.2, -0.15) is 0 Å². The van der Waals surface area contributed by atoms with Gasteiger partial charge in [0.2, 0.25) is 11.8 Å². The number of nitrogens with one attached hydrogen (secondary N) is 1. The number of likely N-dealkylation sites (tertiary alicyclic amines) is 1. The molecule has 6 nitrogen and oxygen atoms in total. The summed E-state index contributed by atoms with van der Waals surface area (Å²) >= 11 is 0. The normalized spacial score (nSPS) is 27.6. The molecule has 3 unspecified atom stereocenters. The summed E-state index contributed by atoms with van der Waals surface area (Å²) in [6, 6.07) is -0.0894. The second-order valence-electron chi connectivity index (χ2n) is 5.90. The number of carboxylic acids is 1. The van der Waals surface area contributed by atoms with E-state index in [2.05, 4.69) is 5.32 Å². The van der Waals surface area contributed by atoms with Gasteiger partial charge in [0, 0.05) is 31.5 Å². The van der Waals surface area contributed by atoms with Gasteiger partial charge >= 0.3 is 5.97 Å². The van der Waals surface area contributed by atoms with Crippen LogP contribution in [0.15, 0.2) is 0 Å². The van der Waals surface area contributed by atoms with Gasteiger partial charge < -0.3 is 15.3 Å². The molecule has 0 spiro atoms. The smallest absolute Gasteiger partial charge is 0.306 e. The highest BCUT2D eigenvalue weighted by molar-refractivity contribution is 5.81. The van der Waals surface area contributed by atoms with Crippen molar-refractivity contribution in [2.75, 3.05) is 13.1 Å². The van der Waals surface area contributed by atoms with Crippen molar-refractivity contribution in [2.24, 2.45) is 11.8 Å². The average Bonchev–Trinajstić information content (AvgIpc) is 2.99. The minimum atomic E-state index is -0.809. The summed E-state index contributed by atoms with van der Waals surface area (Å²) in [5, 5.41) is 11.8. The number of carboxylic acid groups (broad SMARTS) is 1. The Bertz CT molecular complexity index is 410. The standard InChI is InChI=1S/C14H22N2O4/c1-9(8-16-6-2-3-12(16)17)15-13(18)10-4-5-11(7-10)14(19)20/h9-11H,2-8H2,1H3,(H,15,18)(H,19,20). The third-order valence-corrected chi connectivity index (χ3v) is 4.21. The fraction of sp³-hybridized carbons (Fsp3) is 0.786. The summed E-state index contributed by atoms with van der Waals surface area (Å²) in [7, 11) is 0. The van der Waals surface area contributed by atoms with Crippen LogP contribution in [0.4, 0.5) is 0 Å². The first-order valence-corrected chi connectivity index (χ1v) is 7.28. The quantitative estimate of drug-likeness (QED) is 0.773. The fourth-order valence-electron chi connectivity index (χ4n) is 3.08. The summed E-state index contributed by atoms with van der Waals surface area (Å²) in [4.78, 5) is 36.2. The molecule has 1 saturated heterocycles. The average molecular weight is 282 g/mol.